The third kappa shape index (κ3) is 4.44. The highest BCUT2D eigenvalue weighted by Crippen LogP contribution is 2.61. The summed E-state index contributed by atoms with van der Waals surface area (Å²) in [5.74, 6) is 0. The van der Waals surface area contributed by atoms with E-state index in [0.29, 0.717) is 0 Å². The first-order chi connectivity index (χ1) is 27.3. The fourth-order valence-corrected chi connectivity index (χ4v) is 11.9. The van der Waals surface area contributed by atoms with Gasteiger partial charge in [-0.1, -0.05) is 158 Å². The minimum atomic E-state index is -0.553. The van der Waals surface area contributed by atoms with E-state index in [1.807, 2.05) is 22.7 Å². The monoisotopic (exact) mass is 732 g/mol. The molecule has 0 nitrogen and oxygen atoms in total. The third-order valence-corrected chi connectivity index (χ3v) is 14.2. The second-order valence-electron chi connectivity index (χ2n) is 14.8. The quantitative estimate of drug-likeness (QED) is 0.169. The molecule has 2 heteroatoms. The molecule has 1 aliphatic carbocycles. The van der Waals surface area contributed by atoms with Gasteiger partial charge in [0.15, 0.2) is 0 Å². The summed E-state index contributed by atoms with van der Waals surface area (Å²) in [7, 11) is 0. The van der Waals surface area contributed by atoms with Crippen LogP contribution in [0.4, 0.5) is 0 Å². The predicted octanol–water partition coefficient (Wildman–Crippen LogP) is 15.3. The van der Waals surface area contributed by atoms with Gasteiger partial charge in [0.25, 0.3) is 0 Å². The van der Waals surface area contributed by atoms with Crippen molar-refractivity contribution >= 4 is 73.8 Å². The molecule has 0 fully saturated rings. The van der Waals surface area contributed by atoms with Gasteiger partial charge in [-0.2, -0.15) is 0 Å². The second-order valence-corrected chi connectivity index (χ2v) is 16.9. The van der Waals surface area contributed by atoms with Crippen LogP contribution < -0.4 is 0 Å². The minimum absolute atomic E-state index is 0.553. The lowest BCUT2D eigenvalue weighted by molar-refractivity contribution is 0.776. The zero-order valence-corrected chi connectivity index (χ0v) is 31.4. The zero-order valence-electron chi connectivity index (χ0n) is 29.8. The standard InChI is InChI=1S/C53H32S2/c1-3-14-37(15-4-1)53(38-16-5-2-6-17-38)46-30-33(34-23-26-42-40-19-9-11-21-47(40)54-49(42)31-34)24-28-44(46)51-45(29-35-13-7-8-18-39(35)52(51)53)36-25-27-43-41-20-10-12-22-48(41)55-50(43)32-36/h1-32H. The Balaban J connectivity index is 1.19. The van der Waals surface area contributed by atoms with Crippen LogP contribution in [0.5, 0.6) is 0 Å². The summed E-state index contributed by atoms with van der Waals surface area (Å²) >= 11 is 3.77. The van der Waals surface area contributed by atoms with E-state index in [1.54, 1.807) is 0 Å². The van der Waals surface area contributed by atoms with Crippen molar-refractivity contribution in [3.05, 3.63) is 216 Å². The highest BCUT2D eigenvalue weighted by atomic mass is 32.1. The van der Waals surface area contributed by atoms with Gasteiger partial charge in [0, 0.05) is 40.3 Å². The van der Waals surface area contributed by atoms with Gasteiger partial charge in [-0.3, -0.25) is 0 Å². The number of rotatable bonds is 4. The molecule has 2 aromatic heterocycles. The van der Waals surface area contributed by atoms with Gasteiger partial charge in [0.2, 0.25) is 0 Å². The Kier molecular flexibility index (Phi) is 6.69. The molecule has 0 saturated carbocycles. The zero-order chi connectivity index (χ0) is 36.1. The molecular formula is C53H32S2. The van der Waals surface area contributed by atoms with Crippen molar-refractivity contribution < 1.29 is 0 Å². The number of thiophene rings is 2. The maximum absolute atomic E-state index is 2.51. The lowest BCUT2D eigenvalue weighted by Gasteiger charge is -2.35. The molecule has 2 heterocycles. The molecule has 0 atom stereocenters. The summed E-state index contributed by atoms with van der Waals surface area (Å²) in [6.07, 6.45) is 0. The van der Waals surface area contributed by atoms with Gasteiger partial charge in [-0.25, -0.2) is 0 Å². The van der Waals surface area contributed by atoms with Crippen LogP contribution >= 0.6 is 22.7 Å². The van der Waals surface area contributed by atoms with Crippen LogP contribution in [0.1, 0.15) is 22.3 Å². The van der Waals surface area contributed by atoms with E-state index in [0.717, 1.165) is 0 Å². The third-order valence-electron chi connectivity index (χ3n) is 11.9. The number of hydrogen-bond donors (Lipinski definition) is 0. The molecular weight excluding hydrogens is 701 g/mol. The first-order valence-corrected chi connectivity index (χ1v) is 20.5. The molecule has 0 aliphatic heterocycles. The van der Waals surface area contributed by atoms with E-state index in [4.69, 9.17) is 0 Å². The fraction of sp³-hybridized carbons (Fsp3) is 0.0189. The highest BCUT2D eigenvalue weighted by Gasteiger charge is 2.48. The minimum Gasteiger partial charge on any atom is -0.135 e. The molecule has 0 amide bonds. The van der Waals surface area contributed by atoms with E-state index in [1.165, 1.54) is 107 Å². The summed E-state index contributed by atoms with van der Waals surface area (Å²) in [6, 6.07) is 73.0. The van der Waals surface area contributed by atoms with Crippen LogP contribution in [-0.4, -0.2) is 0 Å². The average Bonchev–Trinajstić information content (AvgIpc) is 3.92. The Labute approximate surface area is 327 Å². The van der Waals surface area contributed by atoms with E-state index in [9.17, 15) is 0 Å². The summed E-state index contributed by atoms with van der Waals surface area (Å²) in [6.45, 7) is 0. The maximum atomic E-state index is 2.51. The molecule has 0 N–H and O–H groups in total. The first kappa shape index (κ1) is 31.1. The van der Waals surface area contributed by atoms with Gasteiger partial charge < -0.3 is 0 Å². The van der Waals surface area contributed by atoms with Crippen molar-refractivity contribution in [1.82, 2.24) is 0 Å². The number of fused-ring (bicyclic) bond motifs is 11. The molecule has 0 radical (unpaired) electrons. The topological polar surface area (TPSA) is 0 Å². The number of hydrogen-bond acceptors (Lipinski definition) is 2. The smallest absolute Gasteiger partial charge is 0.0720 e. The molecule has 256 valence electrons. The second kappa shape index (κ2) is 11.8. The highest BCUT2D eigenvalue weighted by molar-refractivity contribution is 7.26. The average molecular weight is 733 g/mol. The Morgan fingerprint density at radius 1 is 0.327 bits per heavy atom. The normalized spacial score (nSPS) is 13.2. The number of benzene rings is 9. The van der Waals surface area contributed by atoms with Crippen LogP contribution in [0.25, 0.3) is 84.5 Å². The molecule has 1 aliphatic rings. The molecule has 0 unspecified atom stereocenters. The van der Waals surface area contributed by atoms with Crippen LogP contribution in [-0.2, 0) is 5.41 Å². The molecule has 0 bridgehead atoms. The lowest BCUT2D eigenvalue weighted by Crippen LogP contribution is -2.29. The SMILES string of the molecule is c1ccc(C2(c3ccccc3)c3cc(-c4ccc5c(c4)sc4ccccc45)ccc3-c3c(-c4ccc5c(c4)sc4ccccc45)cc4ccccc4c32)cc1. The van der Waals surface area contributed by atoms with E-state index >= 15 is 0 Å². The molecule has 0 saturated heterocycles. The summed E-state index contributed by atoms with van der Waals surface area (Å²) in [4.78, 5) is 0. The van der Waals surface area contributed by atoms with Crippen LogP contribution in [0.15, 0.2) is 194 Å². The van der Waals surface area contributed by atoms with Crippen LogP contribution in [0, 0.1) is 0 Å². The Morgan fingerprint density at radius 3 is 1.47 bits per heavy atom. The van der Waals surface area contributed by atoms with Crippen LogP contribution in [0.2, 0.25) is 0 Å². The molecule has 12 rings (SSSR count). The summed E-state index contributed by atoms with van der Waals surface area (Å²) in [5, 5.41) is 7.86. The molecule has 9 aromatic carbocycles. The van der Waals surface area contributed by atoms with Gasteiger partial charge in [-0.15, -0.1) is 22.7 Å². The van der Waals surface area contributed by atoms with E-state index in [-0.39, 0.29) is 0 Å². The summed E-state index contributed by atoms with van der Waals surface area (Å²) < 4.78 is 5.31. The van der Waals surface area contributed by atoms with Crippen molar-refractivity contribution in [2.45, 2.75) is 5.41 Å². The van der Waals surface area contributed by atoms with Gasteiger partial charge in [-0.05, 0) is 103 Å². The maximum Gasteiger partial charge on any atom is 0.0720 e. The molecule has 11 aromatic rings. The Hall–Kier alpha value is -6.32. The first-order valence-electron chi connectivity index (χ1n) is 18.9. The van der Waals surface area contributed by atoms with Crippen molar-refractivity contribution in [3.8, 4) is 33.4 Å². The van der Waals surface area contributed by atoms with Crippen molar-refractivity contribution in [2.24, 2.45) is 0 Å². The van der Waals surface area contributed by atoms with Gasteiger partial charge in [0.1, 0.15) is 0 Å². The fourth-order valence-electron chi connectivity index (χ4n) is 9.57. The lowest BCUT2D eigenvalue weighted by atomic mass is 9.66. The molecule has 0 spiro atoms. The van der Waals surface area contributed by atoms with Crippen molar-refractivity contribution in [3.63, 3.8) is 0 Å². The largest absolute Gasteiger partial charge is 0.135 e. The Morgan fingerprint density at radius 2 is 0.818 bits per heavy atom. The van der Waals surface area contributed by atoms with Gasteiger partial charge in [0.05, 0.1) is 5.41 Å². The van der Waals surface area contributed by atoms with Crippen LogP contribution in [0.3, 0.4) is 0 Å². The summed E-state index contributed by atoms with van der Waals surface area (Å²) in [5.41, 5.74) is 12.3. The van der Waals surface area contributed by atoms with E-state index in [2.05, 4.69) is 194 Å². The van der Waals surface area contributed by atoms with Crippen molar-refractivity contribution in [2.75, 3.05) is 0 Å². The predicted molar refractivity (Wildman–Crippen MR) is 238 cm³/mol. The van der Waals surface area contributed by atoms with Gasteiger partial charge >= 0.3 is 0 Å². The Bertz CT molecular complexity index is 3270. The molecule has 55 heavy (non-hydrogen) atoms. The van der Waals surface area contributed by atoms with Crippen molar-refractivity contribution in [1.29, 1.82) is 0 Å². The van der Waals surface area contributed by atoms with E-state index < -0.39 is 5.41 Å².